The number of hydrogen-bond donors (Lipinski definition) is 1. The molecule has 0 aliphatic heterocycles. The van der Waals surface area contributed by atoms with Crippen molar-refractivity contribution in [2.24, 2.45) is 0 Å². The van der Waals surface area contributed by atoms with E-state index in [0.717, 1.165) is 0 Å². The van der Waals surface area contributed by atoms with E-state index in [9.17, 15) is 0 Å². The Morgan fingerprint density at radius 2 is 1.65 bits per heavy atom. The van der Waals surface area contributed by atoms with Crippen molar-refractivity contribution in [1.29, 1.82) is 0 Å². The Hall–Kier alpha value is -0.980. The predicted molar refractivity (Wildman–Crippen MR) is 63.1 cm³/mol. The van der Waals surface area contributed by atoms with Crippen LogP contribution in [0, 0.1) is 0 Å². The highest BCUT2D eigenvalue weighted by atomic mass is 32.3. The minimum absolute atomic E-state index is 1.17. The topological polar surface area (TPSA) is 81.3 Å². The van der Waals surface area contributed by atoms with Gasteiger partial charge >= 0.3 is 0 Å². The molecule has 0 aromatic carbocycles. The van der Waals surface area contributed by atoms with Crippen molar-refractivity contribution in [2.45, 2.75) is 39.2 Å². The van der Waals surface area contributed by atoms with E-state index in [-0.39, 0.29) is 0 Å². The van der Waals surface area contributed by atoms with Gasteiger partial charge in [0, 0.05) is 18.6 Å². The Balaban J connectivity index is 0.000000437. The van der Waals surface area contributed by atoms with E-state index in [1.807, 2.05) is 0 Å². The van der Waals surface area contributed by atoms with E-state index >= 15 is 0 Å². The SMILES string of the molecule is CCCCCC[n+]1ccccc1.O=S(=O)([O-])O. The van der Waals surface area contributed by atoms with E-state index in [4.69, 9.17) is 17.5 Å². The van der Waals surface area contributed by atoms with Gasteiger partial charge in [0.15, 0.2) is 12.4 Å². The van der Waals surface area contributed by atoms with Crippen molar-refractivity contribution < 1.29 is 22.1 Å². The number of hydrogen-bond acceptors (Lipinski definition) is 3. The van der Waals surface area contributed by atoms with E-state index in [0.29, 0.717) is 0 Å². The molecule has 1 aromatic rings. The largest absolute Gasteiger partial charge is 0.726 e. The maximum Gasteiger partial charge on any atom is 0.215 e. The van der Waals surface area contributed by atoms with Gasteiger partial charge in [0.1, 0.15) is 6.54 Å². The van der Waals surface area contributed by atoms with Gasteiger partial charge in [0.05, 0.1) is 0 Å². The molecule has 0 bridgehead atoms. The molecule has 0 saturated heterocycles. The summed E-state index contributed by atoms with van der Waals surface area (Å²) in [6.45, 7) is 3.41. The number of aromatic nitrogens is 1. The fourth-order valence-corrected chi connectivity index (χ4v) is 1.30. The van der Waals surface area contributed by atoms with Crippen LogP contribution in [0.15, 0.2) is 30.6 Å². The molecule has 0 unspecified atom stereocenters. The standard InChI is InChI=1S/C11H18N.H2O4S/c1-2-3-4-6-9-12-10-7-5-8-11-12;1-5(2,3)4/h5,7-8,10-11H,2-4,6,9H2,1H3;(H2,1,2,3,4)/q+1;/p-1. The van der Waals surface area contributed by atoms with E-state index in [2.05, 4.69) is 42.1 Å². The van der Waals surface area contributed by atoms with Gasteiger partial charge in [-0.3, -0.25) is 4.55 Å². The summed E-state index contributed by atoms with van der Waals surface area (Å²) in [5.41, 5.74) is 0. The van der Waals surface area contributed by atoms with E-state index in [1.165, 1.54) is 32.2 Å². The summed E-state index contributed by atoms with van der Waals surface area (Å²) in [6.07, 6.45) is 9.62. The molecule has 0 aliphatic carbocycles. The quantitative estimate of drug-likeness (QED) is 0.377. The Labute approximate surface area is 103 Å². The van der Waals surface area contributed by atoms with Gasteiger partial charge in [-0.1, -0.05) is 25.8 Å². The first kappa shape index (κ1) is 16.0. The molecule has 0 saturated carbocycles. The smallest absolute Gasteiger partial charge is 0.215 e. The van der Waals surface area contributed by atoms with Gasteiger partial charge < -0.3 is 4.55 Å². The zero-order valence-corrected chi connectivity index (χ0v) is 10.8. The lowest BCUT2D eigenvalue weighted by atomic mass is 10.2. The fourth-order valence-electron chi connectivity index (χ4n) is 1.30. The average molecular weight is 261 g/mol. The van der Waals surface area contributed by atoms with Crippen LogP contribution in [-0.4, -0.2) is 17.5 Å². The molecule has 0 amide bonds. The van der Waals surface area contributed by atoms with Gasteiger partial charge in [0.2, 0.25) is 10.4 Å². The predicted octanol–water partition coefficient (Wildman–Crippen LogP) is 1.56. The normalized spacial score (nSPS) is 10.5. The first-order chi connectivity index (χ1) is 7.93. The summed E-state index contributed by atoms with van der Waals surface area (Å²) in [7, 11) is -4.92. The van der Waals surface area contributed by atoms with Crippen LogP contribution in [0.4, 0.5) is 0 Å². The van der Waals surface area contributed by atoms with Gasteiger partial charge in [-0.05, 0) is 6.42 Å². The maximum atomic E-state index is 8.63. The summed E-state index contributed by atoms with van der Waals surface area (Å²) in [5, 5.41) is 0. The van der Waals surface area contributed by atoms with Crippen LogP contribution in [0.1, 0.15) is 32.6 Å². The first-order valence-electron chi connectivity index (χ1n) is 5.56. The second-order valence-corrected chi connectivity index (χ2v) is 4.46. The van der Waals surface area contributed by atoms with Crippen molar-refractivity contribution >= 4 is 10.4 Å². The van der Waals surface area contributed by atoms with Crippen LogP contribution in [-0.2, 0) is 16.9 Å². The van der Waals surface area contributed by atoms with Crippen LogP contribution >= 0.6 is 0 Å². The highest BCUT2D eigenvalue weighted by molar-refractivity contribution is 7.79. The van der Waals surface area contributed by atoms with Crippen LogP contribution in [0.3, 0.4) is 0 Å². The second-order valence-electron chi connectivity index (χ2n) is 3.60. The number of nitrogens with zero attached hydrogens (tertiary/aromatic N) is 1. The molecule has 0 radical (unpaired) electrons. The van der Waals surface area contributed by atoms with Crippen LogP contribution in [0.2, 0.25) is 0 Å². The first-order valence-corrected chi connectivity index (χ1v) is 6.92. The zero-order valence-electron chi connectivity index (χ0n) is 9.95. The molecule has 6 heteroatoms. The molecule has 0 fully saturated rings. The summed E-state index contributed by atoms with van der Waals surface area (Å²) >= 11 is 0. The van der Waals surface area contributed by atoms with E-state index in [1.54, 1.807) is 0 Å². The van der Waals surface area contributed by atoms with Crippen LogP contribution < -0.4 is 4.57 Å². The molecule has 0 atom stereocenters. The summed E-state index contributed by atoms with van der Waals surface area (Å²) in [4.78, 5) is 0. The minimum atomic E-state index is -4.92. The third kappa shape index (κ3) is 15.0. The molecule has 0 aliphatic rings. The van der Waals surface area contributed by atoms with Gasteiger partial charge in [-0.15, -0.1) is 0 Å². The molecule has 0 spiro atoms. The number of aryl methyl sites for hydroxylation is 1. The van der Waals surface area contributed by atoms with Crippen molar-refractivity contribution in [3.8, 4) is 0 Å². The van der Waals surface area contributed by atoms with Gasteiger partial charge in [-0.25, -0.2) is 13.0 Å². The third-order valence-corrected chi connectivity index (χ3v) is 2.05. The van der Waals surface area contributed by atoms with Gasteiger partial charge in [0.25, 0.3) is 0 Å². The average Bonchev–Trinajstić information content (AvgIpc) is 2.24. The van der Waals surface area contributed by atoms with Crippen molar-refractivity contribution in [3.63, 3.8) is 0 Å². The summed E-state index contributed by atoms with van der Waals surface area (Å²) < 4.78 is 35.1. The van der Waals surface area contributed by atoms with Crippen molar-refractivity contribution in [3.05, 3.63) is 30.6 Å². The molecule has 1 heterocycles. The Morgan fingerprint density at radius 3 is 2.12 bits per heavy atom. The van der Waals surface area contributed by atoms with Crippen molar-refractivity contribution in [2.75, 3.05) is 0 Å². The summed E-state index contributed by atoms with van der Waals surface area (Å²) in [6, 6.07) is 6.22. The molecule has 1 aromatic heterocycles. The van der Waals surface area contributed by atoms with Crippen molar-refractivity contribution in [1.82, 2.24) is 0 Å². The molecular weight excluding hydrogens is 242 g/mol. The molecule has 17 heavy (non-hydrogen) atoms. The molecule has 5 nitrogen and oxygen atoms in total. The lowest BCUT2D eigenvalue weighted by Gasteiger charge is -1.95. The Bertz CT molecular complexity index is 370. The van der Waals surface area contributed by atoms with Gasteiger partial charge in [-0.2, -0.15) is 0 Å². The lowest BCUT2D eigenvalue weighted by molar-refractivity contribution is -0.697. The van der Waals surface area contributed by atoms with Crippen LogP contribution in [0.5, 0.6) is 0 Å². The zero-order chi connectivity index (χ0) is 13.1. The minimum Gasteiger partial charge on any atom is -0.726 e. The Morgan fingerprint density at radius 1 is 1.12 bits per heavy atom. The second kappa shape index (κ2) is 9.09. The monoisotopic (exact) mass is 261 g/mol. The summed E-state index contributed by atoms with van der Waals surface area (Å²) in [5.74, 6) is 0. The number of unbranched alkanes of at least 4 members (excludes halogenated alkanes) is 3. The lowest BCUT2D eigenvalue weighted by Crippen LogP contribution is -2.32. The Kier molecular flexibility index (Phi) is 8.57. The highest BCUT2D eigenvalue weighted by Gasteiger charge is 1.95. The van der Waals surface area contributed by atoms with Crippen LogP contribution in [0.25, 0.3) is 0 Å². The molecule has 1 rings (SSSR count). The number of rotatable bonds is 5. The molecule has 1 N–H and O–H groups in total. The number of pyridine rings is 1. The fraction of sp³-hybridized carbons (Fsp3) is 0.545. The van der Waals surface area contributed by atoms with E-state index < -0.39 is 10.4 Å². The maximum absolute atomic E-state index is 8.63. The molecule has 98 valence electrons. The third-order valence-electron chi connectivity index (χ3n) is 2.05. The molecular formula is C11H19NO4S. The highest BCUT2D eigenvalue weighted by Crippen LogP contribution is 1.97.